The number of likely N-dealkylation sites (tertiary alicyclic amines) is 1. The van der Waals surface area contributed by atoms with Crippen LogP contribution in [0.1, 0.15) is 44.1 Å². The summed E-state index contributed by atoms with van der Waals surface area (Å²) in [5, 5.41) is 0. The number of carbonyl (C=O) groups is 1. The third-order valence-corrected chi connectivity index (χ3v) is 4.74. The molecule has 2 atom stereocenters. The summed E-state index contributed by atoms with van der Waals surface area (Å²) in [6.07, 6.45) is 7.62. The Morgan fingerprint density at radius 3 is 2.67 bits per heavy atom. The summed E-state index contributed by atoms with van der Waals surface area (Å²) < 4.78 is 6.17. The highest BCUT2D eigenvalue weighted by Crippen LogP contribution is 2.28. The molecule has 1 amide bonds. The van der Waals surface area contributed by atoms with E-state index in [4.69, 9.17) is 4.74 Å². The zero-order valence-corrected chi connectivity index (χ0v) is 12.7. The molecular formula is C18H25NO2. The lowest BCUT2D eigenvalue weighted by atomic mass is 9.91. The van der Waals surface area contributed by atoms with Crippen LogP contribution in [0.3, 0.4) is 0 Å². The van der Waals surface area contributed by atoms with Gasteiger partial charge in [0.2, 0.25) is 5.91 Å². The molecule has 21 heavy (non-hydrogen) atoms. The van der Waals surface area contributed by atoms with Crippen molar-refractivity contribution in [3.05, 3.63) is 35.9 Å². The van der Waals surface area contributed by atoms with Gasteiger partial charge >= 0.3 is 0 Å². The molecule has 0 bridgehead atoms. The maximum atomic E-state index is 12.0. The fraction of sp³-hybridized carbons (Fsp3) is 0.611. The first kappa shape index (κ1) is 14.6. The zero-order valence-electron chi connectivity index (χ0n) is 12.7. The Balaban J connectivity index is 1.53. The molecule has 2 fully saturated rings. The maximum Gasteiger partial charge on any atom is 0.222 e. The number of amides is 1. The van der Waals surface area contributed by atoms with E-state index in [1.807, 2.05) is 6.07 Å². The van der Waals surface area contributed by atoms with Crippen molar-refractivity contribution < 1.29 is 9.53 Å². The van der Waals surface area contributed by atoms with Crippen LogP contribution in [0.2, 0.25) is 0 Å². The molecule has 0 radical (unpaired) electrons. The molecule has 1 aromatic carbocycles. The van der Waals surface area contributed by atoms with Gasteiger partial charge in [-0.15, -0.1) is 0 Å². The average molecular weight is 287 g/mol. The molecule has 0 N–H and O–H groups in total. The van der Waals surface area contributed by atoms with E-state index in [-0.39, 0.29) is 6.10 Å². The number of ether oxygens (including phenoxy) is 1. The van der Waals surface area contributed by atoms with Gasteiger partial charge in [-0.25, -0.2) is 0 Å². The Kier molecular flexibility index (Phi) is 4.91. The van der Waals surface area contributed by atoms with Gasteiger partial charge in [0.25, 0.3) is 0 Å². The highest BCUT2D eigenvalue weighted by Gasteiger charge is 2.35. The van der Waals surface area contributed by atoms with E-state index in [0.717, 1.165) is 45.3 Å². The Hall–Kier alpha value is -1.35. The molecule has 1 saturated heterocycles. The van der Waals surface area contributed by atoms with Gasteiger partial charge in [-0.2, -0.15) is 0 Å². The second-order valence-electron chi connectivity index (χ2n) is 6.19. The molecule has 1 heterocycles. The minimum absolute atomic E-state index is 0.240. The molecule has 0 aromatic heterocycles. The zero-order chi connectivity index (χ0) is 14.5. The van der Waals surface area contributed by atoms with Gasteiger partial charge in [-0.1, -0.05) is 43.2 Å². The summed E-state index contributed by atoms with van der Waals surface area (Å²) in [7, 11) is 0. The molecular weight excluding hydrogens is 262 g/mol. The summed E-state index contributed by atoms with van der Waals surface area (Å²) in [6, 6.07) is 10.8. The molecule has 1 aromatic rings. The number of carbonyl (C=O) groups excluding carboxylic acids is 1. The first-order valence-corrected chi connectivity index (χ1v) is 8.29. The van der Waals surface area contributed by atoms with E-state index in [1.54, 1.807) is 0 Å². The normalized spacial score (nSPS) is 26.3. The molecule has 114 valence electrons. The fourth-order valence-electron chi connectivity index (χ4n) is 3.62. The topological polar surface area (TPSA) is 29.5 Å². The van der Waals surface area contributed by atoms with Crippen molar-refractivity contribution in [1.29, 1.82) is 0 Å². The van der Waals surface area contributed by atoms with E-state index in [9.17, 15) is 4.79 Å². The Morgan fingerprint density at radius 1 is 1.10 bits per heavy atom. The van der Waals surface area contributed by atoms with E-state index in [2.05, 4.69) is 29.2 Å². The largest absolute Gasteiger partial charge is 0.376 e. The molecule has 1 saturated carbocycles. The number of hydrogen-bond donors (Lipinski definition) is 0. The molecule has 0 spiro atoms. The van der Waals surface area contributed by atoms with Gasteiger partial charge in [-0.3, -0.25) is 4.79 Å². The number of hydrogen-bond acceptors (Lipinski definition) is 2. The van der Waals surface area contributed by atoms with Crippen LogP contribution >= 0.6 is 0 Å². The van der Waals surface area contributed by atoms with Crippen LogP contribution in [0.5, 0.6) is 0 Å². The van der Waals surface area contributed by atoms with E-state index < -0.39 is 0 Å². The summed E-state index contributed by atoms with van der Waals surface area (Å²) >= 11 is 0. The summed E-state index contributed by atoms with van der Waals surface area (Å²) in [6.45, 7) is 1.69. The van der Waals surface area contributed by atoms with E-state index in [1.165, 1.54) is 18.4 Å². The lowest BCUT2D eigenvalue weighted by Crippen LogP contribution is -2.47. The number of benzene rings is 1. The van der Waals surface area contributed by atoms with Crippen LogP contribution in [0.4, 0.5) is 0 Å². The van der Waals surface area contributed by atoms with Crippen LogP contribution in [0, 0.1) is 0 Å². The van der Waals surface area contributed by atoms with Crippen molar-refractivity contribution in [3.63, 3.8) is 0 Å². The molecule has 3 nitrogen and oxygen atoms in total. The van der Waals surface area contributed by atoms with E-state index in [0.29, 0.717) is 11.9 Å². The quantitative estimate of drug-likeness (QED) is 0.832. The number of rotatable bonds is 5. The minimum Gasteiger partial charge on any atom is -0.376 e. The van der Waals surface area contributed by atoms with Crippen LogP contribution < -0.4 is 0 Å². The Bertz CT molecular complexity index is 460. The van der Waals surface area contributed by atoms with Gasteiger partial charge in [0.15, 0.2) is 0 Å². The lowest BCUT2D eigenvalue weighted by molar-refractivity contribution is -0.134. The molecule has 3 heteroatoms. The summed E-state index contributed by atoms with van der Waals surface area (Å²) in [5.74, 6) is 0.332. The Labute approximate surface area is 127 Å². The minimum atomic E-state index is 0.240. The highest BCUT2D eigenvalue weighted by molar-refractivity contribution is 5.78. The van der Waals surface area contributed by atoms with Crippen molar-refractivity contribution in [2.45, 2.75) is 57.1 Å². The predicted molar refractivity (Wildman–Crippen MR) is 83.1 cm³/mol. The predicted octanol–water partition coefficient (Wildman–Crippen LogP) is 3.18. The first-order chi connectivity index (χ1) is 10.3. The monoisotopic (exact) mass is 287 g/mol. The second kappa shape index (κ2) is 7.08. The molecule has 1 aliphatic heterocycles. The van der Waals surface area contributed by atoms with Gasteiger partial charge in [0.1, 0.15) is 0 Å². The van der Waals surface area contributed by atoms with Crippen LogP contribution in [-0.2, 0) is 16.0 Å². The SMILES string of the molecule is O=C1CCCN1[C@H]1CCCC[C@H]1OCCc1ccccc1. The molecule has 3 rings (SSSR count). The average Bonchev–Trinajstić information content (AvgIpc) is 2.95. The summed E-state index contributed by atoms with van der Waals surface area (Å²) in [4.78, 5) is 14.1. The Morgan fingerprint density at radius 2 is 1.90 bits per heavy atom. The van der Waals surface area contributed by atoms with Gasteiger partial charge < -0.3 is 9.64 Å². The third-order valence-electron chi connectivity index (χ3n) is 4.74. The summed E-state index contributed by atoms with van der Waals surface area (Å²) in [5.41, 5.74) is 1.32. The van der Waals surface area contributed by atoms with Crippen LogP contribution in [-0.4, -0.2) is 36.1 Å². The molecule has 0 unspecified atom stereocenters. The fourth-order valence-corrected chi connectivity index (χ4v) is 3.62. The van der Waals surface area contributed by atoms with Crippen molar-refractivity contribution in [3.8, 4) is 0 Å². The lowest BCUT2D eigenvalue weighted by Gasteiger charge is -2.37. The maximum absolute atomic E-state index is 12.0. The molecule has 2 aliphatic rings. The van der Waals surface area contributed by atoms with E-state index >= 15 is 0 Å². The van der Waals surface area contributed by atoms with Crippen LogP contribution in [0.15, 0.2) is 30.3 Å². The van der Waals surface area contributed by atoms with Crippen molar-refractivity contribution >= 4 is 5.91 Å². The van der Waals surface area contributed by atoms with Crippen molar-refractivity contribution in [1.82, 2.24) is 4.90 Å². The van der Waals surface area contributed by atoms with Crippen LogP contribution in [0.25, 0.3) is 0 Å². The second-order valence-corrected chi connectivity index (χ2v) is 6.19. The number of nitrogens with zero attached hydrogens (tertiary/aromatic N) is 1. The van der Waals surface area contributed by atoms with Gasteiger partial charge in [-0.05, 0) is 31.2 Å². The van der Waals surface area contributed by atoms with Crippen molar-refractivity contribution in [2.24, 2.45) is 0 Å². The van der Waals surface area contributed by atoms with Crippen molar-refractivity contribution in [2.75, 3.05) is 13.2 Å². The first-order valence-electron chi connectivity index (χ1n) is 8.29. The molecule has 1 aliphatic carbocycles. The third kappa shape index (κ3) is 3.65. The smallest absolute Gasteiger partial charge is 0.222 e. The van der Waals surface area contributed by atoms with Gasteiger partial charge in [0.05, 0.1) is 18.8 Å². The standard InChI is InChI=1S/C18H25NO2/c20-18-11-6-13-19(18)16-9-4-5-10-17(16)21-14-12-15-7-2-1-3-8-15/h1-3,7-8,16-17H,4-6,9-14H2/t16-,17+/m0/s1. The van der Waals surface area contributed by atoms with Gasteiger partial charge in [0, 0.05) is 13.0 Å². The highest BCUT2D eigenvalue weighted by atomic mass is 16.5.